The molecule has 0 amide bonds. The molecule has 1 aliphatic carbocycles. The Bertz CT molecular complexity index is 1440. The maximum absolute atomic E-state index is 14.2. The third-order valence-corrected chi connectivity index (χ3v) is 8.42. The van der Waals surface area contributed by atoms with Crippen LogP contribution in [0.1, 0.15) is 39.2 Å². The number of aliphatic hydroxyl groups is 1. The highest BCUT2D eigenvalue weighted by Crippen LogP contribution is 2.56. The van der Waals surface area contributed by atoms with Crippen LogP contribution in [0.3, 0.4) is 0 Å². The second-order valence-electron chi connectivity index (χ2n) is 11.4. The van der Waals surface area contributed by atoms with Crippen molar-refractivity contribution in [3.8, 4) is 34.3 Å². The average molecular weight is 571 g/mol. The van der Waals surface area contributed by atoms with Gasteiger partial charge >= 0.3 is 0 Å². The minimum Gasteiger partial charge on any atom is -0.486 e. The smallest absolute Gasteiger partial charge is 0.239 e. The zero-order valence-electron chi connectivity index (χ0n) is 24.4. The van der Waals surface area contributed by atoms with Crippen molar-refractivity contribution in [1.82, 2.24) is 0 Å². The van der Waals surface area contributed by atoms with Gasteiger partial charge in [-0.05, 0) is 55.9 Å². The van der Waals surface area contributed by atoms with Crippen molar-refractivity contribution in [2.24, 2.45) is 11.3 Å². The van der Waals surface area contributed by atoms with Crippen molar-refractivity contribution in [2.75, 3.05) is 41.7 Å². The van der Waals surface area contributed by atoms with Gasteiger partial charge in [0.25, 0.3) is 0 Å². The molecule has 10 heteroatoms. The topological polar surface area (TPSA) is 115 Å². The number of methoxy groups -OCH3 is 3. The Labute approximate surface area is 239 Å². The van der Waals surface area contributed by atoms with Gasteiger partial charge in [-0.3, -0.25) is 4.79 Å². The highest BCUT2D eigenvalue weighted by atomic mass is 16.7. The van der Waals surface area contributed by atoms with Gasteiger partial charge in [0.15, 0.2) is 26.1 Å². The van der Waals surface area contributed by atoms with Gasteiger partial charge in [0.1, 0.15) is 33.8 Å². The molecule has 1 aromatic heterocycles. The van der Waals surface area contributed by atoms with E-state index in [0.29, 0.717) is 42.1 Å². The fourth-order valence-corrected chi connectivity index (χ4v) is 6.17. The van der Waals surface area contributed by atoms with Gasteiger partial charge < -0.3 is 42.7 Å². The second kappa shape index (κ2) is 11.5. The van der Waals surface area contributed by atoms with Crippen LogP contribution < -0.4 is 24.4 Å². The molecule has 3 atom stereocenters. The maximum atomic E-state index is 14.2. The molecule has 1 fully saturated rings. The largest absolute Gasteiger partial charge is 0.486 e. The van der Waals surface area contributed by atoms with Gasteiger partial charge in [0.2, 0.25) is 11.2 Å². The standard InChI is InChI=1S/C31H38O10/c1-30(2)23-13-20-21(38-16-35-5)14-22-25(28(20)41-31(23,3)12-11-24(30)32)26(33)29(39-17-36-6)27(40-22)18-7-9-19(10-8-18)37-15-34-4/h7-10,14,23-24,32H,11-13,15-17H2,1-6H3/t23-,24-,31-/m1/s1. The number of rotatable bonds is 10. The van der Waals surface area contributed by atoms with Crippen LogP contribution in [0.2, 0.25) is 0 Å². The van der Waals surface area contributed by atoms with Crippen LogP contribution in [0, 0.1) is 11.3 Å². The predicted octanol–water partition coefficient (Wildman–Crippen LogP) is 4.90. The Morgan fingerprint density at radius 1 is 0.951 bits per heavy atom. The van der Waals surface area contributed by atoms with Crippen LogP contribution in [-0.4, -0.2) is 58.5 Å². The number of fused-ring (bicyclic) bond motifs is 4. The Morgan fingerprint density at radius 3 is 2.29 bits per heavy atom. The Balaban J connectivity index is 1.71. The number of aliphatic hydroxyl groups excluding tert-OH is 1. The first-order chi connectivity index (χ1) is 19.6. The van der Waals surface area contributed by atoms with Crippen molar-refractivity contribution in [3.63, 3.8) is 0 Å². The molecule has 222 valence electrons. The van der Waals surface area contributed by atoms with E-state index in [-0.39, 0.29) is 54.2 Å². The first-order valence-electron chi connectivity index (χ1n) is 13.6. The molecule has 0 saturated heterocycles. The van der Waals surface area contributed by atoms with Crippen molar-refractivity contribution < 1.29 is 42.7 Å². The first-order valence-corrected chi connectivity index (χ1v) is 13.6. The fourth-order valence-electron chi connectivity index (χ4n) is 6.17. The molecule has 1 saturated carbocycles. The lowest BCUT2D eigenvalue weighted by Crippen LogP contribution is -2.58. The van der Waals surface area contributed by atoms with Crippen LogP contribution in [0.4, 0.5) is 0 Å². The predicted molar refractivity (Wildman–Crippen MR) is 151 cm³/mol. The summed E-state index contributed by atoms with van der Waals surface area (Å²) in [4.78, 5) is 14.2. The molecule has 10 nitrogen and oxygen atoms in total. The Morgan fingerprint density at radius 2 is 1.61 bits per heavy atom. The molecular weight excluding hydrogens is 532 g/mol. The van der Waals surface area contributed by atoms with Crippen molar-refractivity contribution >= 4 is 11.0 Å². The minimum atomic E-state index is -0.612. The molecule has 2 heterocycles. The number of benzene rings is 2. The molecule has 1 aliphatic heterocycles. The van der Waals surface area contributed by atoms with E-state index < -0.39 is 17.1 Å². The van der Waals surface area contributed by atoms with E-state index in [0.717, 1.165) is 5.56 Å². The SMILES string of the molecule is COCOc1ccc(-c2oc3cc(OCOC)c4c(c3c(=O)c2OCOC)O[C@]2(C)CC[C@@H](O)C(C)(C)[C@H]2C4)cc1. The number of hydrogen-bond acceptors (Lipinski definition) is 10. The van der Waals surface area contributed by atoms with Gasteiger partial charge in [0.05, 0.1) is 6.10 Å². The summed E-state index contributed by atoms with van der Waals surface area (Å²) in [5, 5.41) is 11.1. The zero-order chi connectivity index (χ0) is 29.4. The Kier molecular flexibility index (Phi) is 8.20. The van der Waals surface area contributed by atoms with E-state index in [9.17, 15) is 9.90 Å². The minimum absolute atomic E-state index is 0.000951. The van der Waals surface area contributed by atoms with Gasteiger partial charge in [-0.25, -0.2) is 0 Å². The third-order valence-electron chi connectivity index (χ3n) is 8.42. The summed E-state index contributed by atoms with van der Waals surface area (Å²) in [6.07, 6.45) is 1.31. The van der Waals surface area contributed by atoms with Crippen molar-refractivity contribution in [3.05, 3.63) is 46.1 Å². The summed E-state index contributed by atoms with van der Waals surface area (Å²) in [6, 6.07) is 8.75. The normalized spacial score (nSPS) is 22.9. The van der Waals surface area contributed by atoms with E-state index >= 15 is 0 Å². The molecule has 0 unspecified atom stereocenters. The first kappa shape index (κ1) is 29.2. The highest BCUT2D eigenvalue weighted by Gasteiger charge is 2.55. The van der Waals surface area contributed by atoms with Crippen LogP contribution in [0.5, 0.6) is 23.0 Å². The number of ether oxygens (including phenoxy) is 7. The van der Waals surface area contributed by atoms with Gasteiger partial charge in [-0.15, -0.1) is 0 Å². The monoisotopic (exact) mass is 570 g/mol. The molecule has 5 rings (SSSR count). The summed E-state index contributed by atoms with van der Waals surface area (Å²) in [7, 11) is 4.57. The third kappa shape index (κ3) is 5.25. The fraction of sp³-hybridized carbons (Fsp3) is 0.516. The lowest BCUT2D eigenvalue weighted by Gasteiger charge is -2.55. The summed E-state index contributed by atoms with van der Waals surface area (Å²) in [5.74, 6) is 1.72. The van der Waals surface area contributed by atoms with Crippen LogP contribution in [0.25, 0.3) is 22.3 Å². The van der Waals surface area contributed by atoms with Crippen LogP contribution in [0.15, 0.2) is 39.5 Å². The summed E-state index contributed by atoms with van der Waals surface area (Å²) >= 11 is 0. The van der Waals surface area contributed by atoms with Crippen molar-refractivity contribution in [1.29, 1.82) is 0 Å². The highest BCUT2D eigenvalue weighted by molar-refractivity contribution is 5.90. The van der Waals surface area contributed by atoms with Crippen LogP contribution >= 0.6 is 0 Å². The quantitative estimate of drug-likeness (QED) is 0.338. The molecule has 1 N–H and O–H groups in total. The van der Waals surface area contributed by atoms with E-state index in [4.69, 9.17) is 37.6 Å². The lowest BCUT2D eigenvalue weighted by molar-refractivity contribution is -0.137. The number of hydrogen-bond donors (Lipinski definition) is 1. The molecule has 41 heavy (non-hydrogen) atoms. The molecule has 0 spiro atoms. The molecule has 0 radical (unpaired) electrons. The molecule has 2 aromatic carbocycles. The summed E-state index contributed by atoms with van der Waals surface area (Å²) in [5.41, 5.74) is 0.211. The maximum Gasteiger partial charge on any atom is 0.239 e. The second-order valence-corrected chi connectivity index (χ2v) is 11.4. The zero-order valence-corrected chi connectivity index (χ0v) is 24.4. The average Bonchev–Trinajstić information content (AvgIpc) is 2.96. The van der Waals surface area contributed by atoms with Crippen LogP contribution in [-0.2, 0) is 20.6 Å². The van der Waals surface area contributed by atoms with E-state index in [1.165, 1.54) is 7.11 Å². The summed E-state index contributed by atoms with van der Waals surface area (Å²) in [6.45, 7) is 6.14. The molecule has 0 bridgehead atoms. The van der Waals surface area contributed by atoms with Crippen molar-refractivity contribution in [2.45, 2.75) is 51.7 Å². The lowest BCUT2D eigenvalue weighted by atomic mass is 9.57. The van der Waals surface area contributed by atoms with Gasteiger partial charge in [-0.2, -0.15) is 0 Å². The van der Waals surface area contributed by atoms with E-state index in [1.54, 1.807) is 44.6 Å². The van der Waals surface area contributed by atoms with E-state index in [1.807, 2.05) is 6.92 Å². The van der Waals surface area contributed by atoms with E-state index in [2.05, 4.69) is 13.8 Å². The molecule has 3 aromatic rings. The molecule has 2 aliphatic rings. The molecular formula is C31H38O10. The van der Waals surface area contributed by atoms with Gasteiger partial charge in [-0.1, -0.05) is 13.8 Å². The van der Waals surface area contributed by atoms with Gasteiger partial charge in [0, 0.05) is 44.4 Å². The Hall–Kier alpha value is -3.31. The summed E-state index contributed by atoms with van der Waals surface area (Å²) < 4.78 is 45.8.